The number of pyridine rings is 1. The Bertz CT molecular complexity index is 661. The van der Waals surface area contributed by atoms with E-state index in [1.807, 2.05) is 26.0 Å². The first-order chi connectivity index (χ1) is 9.47. The molecule has 0 radical (unpaired) electrons. The van der Waals surface area contributed by atoms with Crippen LogP contribution >= 0.6 is 0 Å². The largest absolute Gasteiger partial charge is 0.320 e. The maximum absolute atomic E-state index is 12.1. The molecule has 1 aromatic heterocycles. The average Bonchev–Trinajstić information content (AvgIpc) is 2.41. The van der Waals surface area contributed by atoms with Gasteiger partial charge in [-0.05, 0) is 44.0 Å². The second-order valence-electron chi connectivity index (χ2n) is 4.76. The van der Waals surface area contributed by atoms with E-state index < -0.39 is 0 Å². The molecule has 0 aliphatic carbocycles. The fraction of sp³-hybridized carbons (Fsp3) is 0.188. The van der Waals surface area contributed by atoms with Crippen LogP contribution in [0.1, 0.15) is 38.9 Å². The van der Waals surface area contributed by atoms with E-state index in [-0.39, 0.29) is 11.7 Å². The van der Waals surface area contributed by atoms with E-state index in [1.165, 1.54) is 6.92 Å². The number of Topliss-reactive ketones (excluding diaryl/α,β-unsaturated/α-hetero) is 1. The van der Waals surface area contributed by atoms with Crippen molar-refractivity contribution in [1.29, 1.82) is 0 Å². The van der Waals surface area contributed by atoms with Gasteiger partial charge in [-0.2, -0.15) is 0 Å². The first-order valence-electron chi connectivity index (χ1n) is 6.33. The molecule has 1 heterocycles. The normalized spacial score (nSPS) is 10.2. The molecule has 0 fully saturated rings. The molecule has 1 amide bonds. The molecule has 0 bridgehead atoms. The number of nitrogens with one attached hydrogen (secondary N) is 1. The summed E-state index contributed by atoms with van der Waals surface area (Å²) >= 11 is 0. The number of anilines is 1. The van der Waals surface area contributed by atoms with Crippen molar-refractivity contribution in [3.8, 4) is 0 Å². The highest BCUT2D eigenvalue weighted by Crippen LogP contribution is 2.18. The summed E-state index contributed by atoms with van der Waals surface area (Å²) in [5, 5.41) is 2.79. The maximum Gasteiger partial charge on any atom is 0.274 e. The third kappa shape index (κ3) is 3.09. The monoisotopic (exact) mass is 268 g/mol. The summed E-state index contributed by atoms with van der Waals surface area (Å²) < 4.78 is 0. The molecule has 20 heavy (non-hydrogen) atoms. The Labute approximate surface area is 117 Å². The second kappa shape index (κ2) is 5.65. The Morgan fingerprint density at radius 3 is 2.45 bits per heavy atom. The molecule has 2 aromatic rings. The number of rotatable bonds is 3. The summed E-state index contributed by atoms with van der Waals surface area (Å²) in [6.07, 6.45) is 1.65. The van der Waals surface area contributed by atoms with Crippen LogP contribution < -0.4 is 5.32 Å². The molecule has 0 saturated heterocycles. The Hall–Kier alpha value is -2.49. The van der Waals surface area contributed by atoms with Gasteiger partial charge in [-0.3, -0.25) is 14.6 Å². The van der Waals surface area contributed by atoms with Crippen molar-refractivity contribution in [3.63, 3.8) is 0 Å². The molecule has 0 saturated carbocycles. The van der Waals surface area contributed by atoms with Crippen LogP contribution in [-0.4, -0.2) is 16.7 Å². The van der Waals surface area contributed by atoms with Gasteiger partial charge < -0.3 is 5.32 Å². The SMILES string of the molecule is CC(=O)c1ccc(C)c(NC(=O)c2ccc(C)cn2)c1. The summed E-state index contributed by atoms with van der Waals surface area (Å²) in [7, 11) is 0. The molecule has 0 atom stereocenters. The molecule has 1 aromatic carbocycles. The second-order valence-corrected chi connectivity index (χ2v) is 4.76. The van der Waals surface area contributed by atoms with Gasteiger partial charge in [0.05, 0.1) is 0 Å². The van der Waals surface area contributed by atoms with Crippen LogP contribution in [0.5, 0.6) is 0 Å². The first kappa shape index (κ1) is 13.9. The van der Waals surface area contributed by atoms with Crippen molar-refractivity contribution in [2.24, 2.45) is 0 Å². The van der Waals surface area contributed by atoms with E-state index >= 15 is 0 Å². The number of nitrogens with zero attached hydrogens (tertiary/aromatic N) is 1. The fourth-order valence-corrected chi connectivity index (χ4v) is 1.76. The number of aryl methyl sites for hydroxylation is 2. The van der Waals surface area contributed by atoms with E-state index in [0.717, 1.165) is 11.1 Å². The van der Waals surface area contributed by atoms with Crippen molar-refractivity contribution in [2.45, 2.75) is 20.8 Å². The Kier molecular flexibility index (Phi) is 3.94. The third-order valence-corrected chi connectivity index (χ3v) is 3.04. The molecule has 102 valence electrons. The van der Waals surface area contributed by atoms with E-state index in [0.29, 0.717) is 16.9 Å². The van der Waals surface area contributed by atoms with Crippen molar-refractivity contribution >= 4 is 17.4 Å². The first-order valence-corrected chi connectivity index (χ1v) is 6.33. The Morgan fingerprint density at radius 2 is 1.85 bits per heavy atom. The summed E-state index contributed by atoms with van der Waals surface area (Å²) in [5.41, 5.74) is 3.45. The lowest BCUT2D eigenvalue weighted by molar-refractivity contribution is 0.100. The fourth-order valence-electron chi connectivity index (χ4n) is 1.76. The van der Waals surface area contributed by atoms with Crippen LogP contribution in [-0.2, 0) is 0 Å². The van der Waals surface area contributed by atoms with E-state index in [4.69, 9.17) is 0 Å². The van der Waals surface area contributed by atoms with Crippen LogP contribution in [0.2, 0.25) is 0 Å². The smallest absolute Gasteiger partial charge is 0.274 e. The molecule has 2 rings (SSSR count). The van der Waals surface area contributed by atoms with Gasteiger partial charge in [0.1, 0.15) is 5.69 Å². The highest BCUT2D eigenvalue weighted by molar-refractivity contribution is 6.04. The summed E-state index contributed by atoms with van der Waals surface area (Å²) in [6, 6.07) is 8.76. The van der Waals surface area contributed by atoms with Gasteiger partial charge in [-0.25, -0.2) is 0 Å². The van der Waals surface area contributed by atoms with Crippen molar-refractivity contribution in [2.75, 3.05) is 5.32 Å². The highest BCUT2D eigenvalue weighted by atomic mass is 16.2. The minimum Gasteiger partial charge on any atom is -0.320 e. The number of hydrogen-bond acceptors (Lipinski definition) is 3. The number of benzene rings is 1. The van der Waals surface area contributed by atoms with Crippen molar-refractivity contribution < 1.29 is 9.59 Å². The number of aromatic nitrogens is 1. The number of ketones is 1. The van der Waals surface area contributed by atoms with Gasteiger partial charge in [-0.1, -0.05) is 18.2 Å². The molecule has 1 N–H and O–H groups in total. The van der Waals surface area contributed by atoms with E-state index in [1.54, 1.807) is 24.4 Å². The van der Waals surface area contributed by atoms with Gasteiger partial charge in [-0.15, -0.1) is 0 Å². The average molecular weight is 268 g/mol. The van der Waals surface area contributed by atoms with Crippen LogP contribution in [0, 0.1) is 13.8 Å². The van der Waals surface area contributed by atoms with Crippen LogP contribution in [0.4, 0.5) is 5.69 Å². The molecule has 0 aliphatic rings. The number of hydrogen-bond donors (Lipinski definition) is 1. The molecule has 4 nitrogen and oxygen atoms in total. The predicted octanol–water partition coefficient (Wildman–Crippen LogP) is 3.15. The zero-order valence-corrected chi connectivity index (χ0v) is 11.7. The standard InChI is InChI=1S/C16H16N2O2/c1-10-4-7-14(17-9-10)16(20)18-15-8-13(12(3)19)6-5-11(15)2/h4-9H,1-3H3,(H,18,20). The molecular formula is C16H16N2O2. The number of amides is 1. The van der Waals surface area contributed by atoms with E-state index in [9.17, 15) is 9.59 Å². The number of carbonyl (C=O) groups is 2. The summed E-state index contributed by atoms with van der Waals surface area (Å²) in [6.45, 7) is 5.29. The van der Waals surface area contributed by atoms with Gasteiger partial charge in [0.2, 0.25) is 0 Å². The van der Waals surface area contributed by atoms with Gasteiger partial charge in [0, 0.05) is 17.4 Å². The van der Waals surface area contributed by atoms with Crippen molar-refractivity contribution in [3.05, 3.63) is 58.9 Å². The molecular weight excluding hydrogens is 252 g/mol. The highest BCUT2D eigenvalue weighted by Gasteiger charge is 2.10. The van der Waals surface area contributed by atoms with Crippen LogP contribution in [0.25, 0.3) is 0 Å². The zero-order valence-electron chi connectivity index (χ0n) is 11.7. The number of carbonyl (C=O) groups excluding carboxylic acids is 2. The molecule has 0 unspecified atom stereocenters. The predicted molar refractivity (Wildman–Crippen MR) is 78.1 cm³/mol. The van der Waals surface area contributed by atoms with Crippen molar-refractivity contribution in [1.82, 2.24) is 4.98 Å². The third-order valence-electron chi connectivity index (χ3n) is 3.04. The molecule has 0 spiro atoms. The zero-order chi connectivity index (χ0) is 14.7. The van der Waals surface area contributed by atoms with Gasteiger partial charge in [0.25, 0.3) is 5.91 Å². The minimum absolute atomic E-state index is 0.0334. The van der Waals surface area contributed by atoms with Gasteiger partial charge >= 0.3 is 0 Å². The molecule has 4 heteroatoms. The summed E-state index contributed by atoms with van der Waals surface area (Å²) in [5.74, 6) is -0.317. The quantitative estimate of drug-likeness (QED) is 0.870. The maximum atomic E-state index is 12.1. The van der Waals surface area contributed by atoms with Crippen LogP contribution in [0.15, 0.2) is 36.5 Å². The van der Waals surface area contributed by atoms with Gasteiger partial charge in [0.15, 0.2) is 5.78 Å². The Morgan fingerprint density at radius 1 is 1.10 bits per heavy atom. The lowest BCUT2D eigenvalue weighted by Crippen LogP contribution is -2.14. The van der Waals surface area contributed by atoms with Crippen LogP contribution in [0.3, 0.4) is 0 Å². The lowest BCUT2D eigenvalue weighted by Gasteiger charge is -2.09. The summed E-state index contributed by atoms with van der Waals surface area (Å²) in [4.78, 5) is 27.6. The molecule has 0 aliphatic heterocycles. The topological polar surface area (TPSA) is 59.1 Å². The minimum atomic E-state index is -0.284. The Balaban J connectivity index is 2.25. The van der Waals surface area contributed by atoms with E-state index in [2.05, 4.69) is 10.3 Å². The lowest BCUT2D eigenvalue weighted by atomic mass is 10.1.